The molecule has 0 amide bonds. The number of rotatable bonds is 4. The molecule has 0 unspecified atom stereocenters. The van der Waals surface area contributed by atoms with E-state index in [4.69, 9.17) is 0 Å². The molecule has 4 nitrogen and oxygen atoms in total. The van der Waals surface area contributed by atoms with Gasteiger partial charge in [0.15, 0.2) is 0 Å². The minimum Gasteiger partial charge on any atom is -0.316 e. The van der Waals surface area contributed by atoms with E-state index in [1.807, 2.05) is 4.68 Å². The lowest BCUT2D eigenvalue weighted by molar-refractivity contribution is 0.331. The summed E-state index contributed by atoms with van der Waals surface area (Å²) in [6.45, 7) is 7.66. The lowest BCUT2D eigenvalue weighted by Gasteiger charge is -2.26. The Labute approximate surface area is 84.7 Å². The predicted molar refractivity (Wildman–Crippen MR) is 54.9 cm³/mol. The topological polar surface area (TPSA) is 42.7 Å². The van der Waals surface area contributed by atoms with E-state index in [-0.39, 0.29) is 0 Å². The summed E-state index contributed by atoms with van der Waals surface area (Å²) in [5, 5.41) is 7.53. The van der Waals surface area contributed by atoms with Crippen molar-refractivity contribution in [3.05, 3.63) is 12.2 Å². The molecule has 0 aromatic carbocycles. The third-order valence-corrected chi connectivity index (χ3v) is 2.57. The normalized spacial score (nSPS) is 17.4. The van der Waals surface area contributed by atoms with Crippen LogP contribution in [-0.2, 0) is 13.0 Å². The van der Waals surface area contributed by atoms with Gasteiger partial charge in [0.25, 0.3) is 0 Å². The largest absolute Gasteiger partial charge is 0.316 e. The molecule has 1 aliphatic rings. The smallest absolute Gasteiger partial charge is 0.138 e. The average molecular weight is 194 g/mol. The van der Waals surface area contributed by atoms with Crippen molar-refractivity contribution in [3.8, 4) is 0 Å². The molecule has 0 atom stereocenters. The molecular formula is C10H18N4. The minimum absolute atomic E-state index is 0.634. The van der Waals surface area contributed by atoms with Gasteiger partial charge < -0.3 is 5.32 Å². The molecular weight excluding hydrogens is 176 g/mol. The summed E-state index contributed by atoms with van der Waals surface area (Å²) >= 11 is 0. The molecule has 2 heterocycles. The van der Waals surface area contributed by atoms with Crippen LogP contribution in [0.25, 0.3) is 0 Å². The second-order valence-electron chi connectivity index (χ2n) is 4.48. The van der Waals surface area contributed by atoms with E-state index in [1.54, 1.807) is 6.33 Å². The summed E-state index contributed by atoms with van der Waals surface area (Å²) in [7, 11) is 0. The lowest BCUT2D eigenvalue weighted by Crippen LogP contribution is -2.43. The Balaban J connectivity index is 1.97. The van der Waals surface area contributed by atoms with Gasteiger partial charge in [0, 0.05) is 13.0 Å². The third kappa shape index (κ3) is 2.12. The highest BCUT2D eigenvalue weighted by atomic mass is 15.3. The van der Waals surface area contributed by atoms with Gasteiger partial charge in [0.2, 0.25) is 0 Å². The molecule has 1 aromatic rings. The van der Waals surface area contributed by atoms with Crippen molar-refractivity contribution < 1.29 is 0 Å². The summed E-state index contributed by atoms with van der Waals surface area (Å²) in [6.07, 6.45) is 2.74. The molecule has 0 bridgehead atoms. The van der Waals surface area contributed by atoms with Crippen molar-refractivity contribution in [3.63, 3.8) is 0 Å². The quantitative estimate of drug-likeness (QED) is 0.767. The Morgan fingerprint density at radius 2 is 2.36 bits per heavy atom. The number of nitrogens with one attached hydrogen (secondary N) is 1. The second kappa shape index (κ2) is 4.09. The Morgan fingerprint density at radius 1 is 1.57 bits per heavy atom. The molecule has 2 rings (SSSR count). The second-order valence-corrected chi connectivity index (χ2v) is 4.48. The standard InChI is InChI=1S/C10H18N4/c1-8(2)6-14-10(12-7-13-14)3-9-4-11-5-9/h7-9,11H,3-6H2,1-2H3. The molecule has 0 aliphatic carbocycles. The lowest BCUT2D eigenvalue weighted by atomic mass is 9.99. The summed E-state index contributed by atoms with van der Waals surface area (Å²) in [5.41, 5.74) is 0. The molecule has 1 aliphatic heterocycles. The van der Waals surface area contributed by atoms with Gasteiger partial charge in [-0.1, -0.05) is 13.8 Å². The van der Waals surface area contributed by atoms with Crippen LogP contribution in [0.15, 0.2) is 6.33 Å². The number of hydrogen-bond acceptors (Lipinski definition) is 3. The van der Waals surface area contributed by atoms with Crippen LogP contribution in [0.2, 0.25) is 0 Å². The first kappa shape index (κ1) is 9.65. The zero-order chi connectivity index (χ0) is 9.97. The van der Waals surface area contributed by atoms with Gasteiger partial charge in [0.05, 0.1) is 0 Å². The molecule has 4 heteroatoms. The van der Waals surface area contributed by atoms with E-state index in [1.165, 1.54) is 0 Å². The predicted octanol–water partition coefficient (Wildman–Crippen LogP) is 0.696. The van der Waals surface area contributed by atoms with Gasteiger partial charge in [-0.15, -0.1) is 0 Å². The van der Waals surface area contributed by atoms with Gasteiger partial charge in [-0.3, -0.25) is 0 Å². The van der Waals surface area contributed by atoms with Crippen molar-refractivity contribution in [2.75, 3.05) is 13.1 Å². The van der Waals surface area contributed by atoms with E-state index in [2.05, 4.69) is 29.2 Å². The molecule has 14 heavy (non-hydrogen) atoms. The van der Waals surface area contributed by atoms with E-state index in [0.717, 1.165) is 37.8 Å². The highest BCUT2D eigenvalue weighted by molar-refractivity contribution is 4.91. The van der Waals surface area contributed by atoms with Crippen LogP contribution < -0.4 is 5.32 Å². The van der Waals surface area contributed by atoms with E-state index < -0.39 is 0 Å². The molecule has 0 radical (unpaired) electrons. The van der Waals surface area contributed by atoms with Gasteiger partial charge in [-0.25, -0.2) is 9.67 Å². The summed E-state index contributed by atoms with van der Waals surface area (Å²) in [4.78, 5) is 4.32. The van der Waals surface area contributed by atoms with Crippen LogP contribution in [0.4, 0.5) is 0 Å². The van der Waals surface area contributed by atoms with E-state index in [9.17, 15) is 0 Å². The fourth-order valence-corrected chi connectivity index (χ4v) is 1.70. The first-order valence-corrected chi connectivity index (χ1v) is 5.33. The van der Waals surface area contributed by atoms with Gasteiger partial charge in [-0.2, -0.15) is 5.10 Å². The Kier molecular flexibility index (Phi) is 2.82. The zero-order valence-electron chi connectivity index (χ0n) is 8.90. The number of nitrogens with zero attached hydrogens (tertiary/aromatic N) is 3. The Hall–Kier alpha value is -0.900. The van der Waals surface area contributed by atoms with E-state index >= 15 is 0 Å². The summed E-state index contributed by atoms with van der Waals surface area (Å²) in [5.74, 6) is 2.55. The van der Waals surface area contributed by atoms with Crippen molar-refractivity contribution in [1.29, 1.82) is 0 Å². The summed E-state index contributed by atoms with van der Waals surface area (Å²) in [6, 6.07) is 0. The van der Waals surface area contributed by atoms with Gasteiger partial charge in [0.1, 0.15) is 12.2 Å². The van der Waals surface area contributed by atoms with Crippen LogP contribution >= 0.6 is 0 Å². The Morgan fingerprint density at radius 3 is 2.93 bits per heavy atom. The first-order valence-electron chi connectivity index (χ1n) is 5.33. The SMILES string of the molecule is CC(C)Cn1ncnc1CC1CNC1. The van der Waals surface area contributed by atoms with Crippen molar-refractivity contribution in [2.45, 2.75) is 26.8 Å². The highest BCUT2D eigenvalue weighted by Crippen LogP contribution is 2.11. The fourth-order valence-electron chi connectivity index (χ4n) is 1.70. The zero-order valence-corrected chi connectivity index (χ0v) is 8.90. The third-order valence-electron chi connectivity index (χ3n) is 2.57. The van der Waals surface area contributed by atoms with Crippen LogP contribution in [0, 0.1) is 11.8 Å². The molecule has 0 saturated carbocycles. The molecule has 0 spiro atoms. The van der Waals surface area contributed by atoms with Crippen molar-refractivity contribution in [2.24, 2.45) is 11.8 Å². The maximum Gasteiger partial charge on any atom is 0.138 e. The monoisotopic (exact) mass is 194 g/mol. The molecule has 1 saturated heterocycles. The van der Waals surface area contributed by atoms with Crippen LogP contribution in [-0.4, -0.2) is 27.9 Å². The number of hydrogen-bond donors (Lipinski definition) is 1. The minimum atomic E-state index is 0.634. The molecule has 78 valence electrons. The van der Waals surface area contributed by atoms with Crippen LogP contribution in [0.5, 0.6) is 0 Å². The first-order chi connectivity index (χ1) is 6.75. The maximum absolute atomic E-state index is 4.32. The fraction of sp³-hybridized carbons (Fsp3) is 0.800. The van der Waals surface area contributed by atoms with Crippen molar-refractivity contribution >= 4 is 0 Å². The van der Waals surface area contributed by atoms with Crippen LogP contribution in [0.3, 0.4) is 0 Å². The van der Waals surface area contributed by atoms with Crippen LogP contribution in [0.1, 0.15) is 19.7 Å². The Bertz CT molecular complexity index is 288. The van der Waals surface area contributed by atoms with Gasteiger partial charge in [-0.05, 0) is 24.9 Å². The average Bonchev–Trinajstić information content (AvgIpc) is 2.44. The molecule has 1 fully saturated rings. The molecule has 1 aromatic heterocycles. The van der Waals surface area contributed by atoms with Gasteiger partial charge >= 0.3 is 0 Å². The number of aromatic nitrogens is 3. The summed E-state index contributed by atoms with van der Waals surface area (Å²) < 4.78 is 2.04. The maximum atomic E-state index is 4.32. The van der Waals surface area contributed by atoms with E-state index in [0.29, 0.717) is 5.92 Å². The van der Waals surface area contributed by atoms with Crippen molar-refractivity contribution in [1.82, 2.24) is 20.1 Å². The highest BCUT2D eigenvalue weighted by Gasteiger charge is 2.19. The molecule has 1 N–H and O–H groups in total.